The molecule has 0 saturated carbocycles. The van der Waals surface area contributed by atoms with Gasteiger partial charge >= 0.3 is 0 Å². The van der Waals surface area contributed by atoms with Gasteiger partial charge in [0.1, 0.15) is 0 Å². The average molecular weight is 547 g/mol. The molecule has 0 bridgehead atoms. The zero-order chi connectivity index (χ0) is 29.1. The van der Waals surface area contributed by atoms with E-state index in [1.165, 1.54) is 38.6 Å². The first kappa shape index (κ1) is 26.9. The fourth-order valence-electron chi connectivity index (χ4n) is 5.93. The molecule has 0 atom stereocenters. The van der Waals surface area contributed by atoms with Crippen molar-refractivity contribution in [3.05, 3.63) is 83.2 Å². The summed E-state index contributed by atoms with van der Waals surface area (Å²) in [5.74, 6) is 0.00557. The van der Waals surface area contributed by atoms with E-state index in [-0.39, 0.29) is 17.7 Å². The van der Waals surface area contributed by atoms with Crippen LogP contribution in [-0.2, 0) is 29.6 Å². The summed E-state index contributed by atoms with van der Waals surface area (Å²) in [7, 11) is 2.10. The number of anilines is 1. The van der Waals surface area contributed by atoms with Gasteiger partial charge in [0.2, 0.25) is 11.8 Å². The first-order valence-corrected chi connectivity index (χ1v) is 14.5. The average Bonchev–Trinajstić information content (AvgIpc) is 3.40. The quantitative estimate of drug-likeness (QED) is 0.242. The zero-order valence-corrected chi connectivity index (χ0v) is 24.8. The van der Waals surface area contributed by atoms with Gasteiger partial charge in [-0.15, -0.1) is 0 Å². The topological polar surface area (TPSA) is 68.1 Å². The van der Waals surface area contributed by atoms with Crippen molar-refractivity contribution in [2.75, 3.05) is 5.32 Å². The summed E-state index contributed by atoms with van der Waals surface area (Å²) in [6.07, 6.45) is 3.83. The molecule has 2 amide bonds. The highest BCUT2D eigenvalue weighted by molar-refractivity contribution is 6.11. The number of nitrogens with one attached hydrogen (secondary N) is 2. The molecule has 6 rings (SSSR count). The van der Waals surface area contributed by atoms with Gasteiger partial charge in [0.05, 0.1) is 0 Å². The van der Waals surface area contributed by atoms with Gasteiger partial charge in [0.15, 0.2) is 0 Å². The van der Waals surface area contributed by atoms with Gasteiger partial charge < -0.3 is 19.8 Å². The number of hydrogen-bond donors (Lipinski definition) is 2. The molecule has 3 aromatic carbocycles. The lowest BCUT2D eigenvalue weighted by Crippen LogP contribution is -2.28. The maximum atomic E-state index is 12.7. The lowest BCUT2D eigenvalue weighted by Gasteiger charge is -2.19. The highest BCUT2D eigenvalue weighted by Crippen LogP contribution is 2.37. The number of aromatic nitrogens is 2. The molecule has 1 aliphatic rings. The molecule has 5 aromatic rings. The number of amides is 2. The third-order valence-corrected chi connectivity index (χ3v) is 8.26. The molecule has 0 spiro atoms. The maximum Gasteiger partial charge on any atom is 0.229 e. The van der Waals surface area contributed by atoms with Crippen LogP contribution in [0, 0.1) is 11.3 Å². The van der Waals surface area contributed by atoms with Crippen molar-refractivity contribution in [2.24, 2.45) is 18.4 Å². The fraction of sp³-hybridized carbons (Fsp3) is 0.314. The number of nitrogens with zero attached hydrogens (tertiary/aromatic N) is 2. The molecule has 2 aromatic heterocycles. The summed E-state index contributed by atoms with van der Waals surface area (Å²) in [4.78, 5) is 25.2. The van der Waals surface area contributed by atoms with E-state index in [0.29, 0.717) is 0 Å². The molecule has 210 valence electrons. The molecule has 0 radical (unpaired) electrons. The molecule has 0 unspecified atom stereocenters. The first-order valence-electron chi connectivity index (χ1n) is 14.5. The molecular weight excluding hydrogens is 508 g/mol. The van der Waals surface area contributed by atoms with E-state index in [4.69, 9.17) is 0 Å². The predicted octanol–water partition coefficient (Wildman–Crippen LogP) is 7.38. The van der Waals surface area contributed by atoms with Crippen molar-refractivity contribution in [3.8, 4) is 0 Å². The van der Waals surface area contributed by atoms with Crippen molar-refractivity contribution in [2.45, 2.75) is 54.0 Å². The van der Waals surface area contributed by atoms with Crippen molar-refractivity contribution in [3.63, 3.8) is 0 Å². The van der Waals surface area contributed by atoms with E-state index in [9.17, 15) is 9.59 Å². The van der Waals surface area contributed by atoms with Crippen LogP contribution in [0.1, 0.15) is 57.9 Å². The highest BCUT2D eigenvalue weighted by atomic mass is 16.2. The lowest BCUT2D eigenvalue weighted by atomic mass is 9.95. The number of para-hydroxylation sites is 1. The summed E-state index contributed by atoms with van der Waals surface area (Å²) in [5, 5.41) is 9.80. The summed E-state index contributed by atoms with van der Waals surface area (Å²) < 4.78 is 4.68. The zero-order valence-electron chi connectivity index (χ0n) is 24.8. The van der Waals surface area contributed by atoms with Gasteiger partial charge in [-0.2, -0.15) is 0 Å². The molecule has 0 aliphatic heterocycles. The second kappa shape index (κ2) is 9.95. The summed E-state index contributed by atoms with van der Waals surface area (Å²) >= 11 is 0. The highest BCUT2D eigenvalue weighted by Gasteiger charge is 2.24. The molecule has 41 heavy (non-hydrogen) atoms. The van der Waals surface area contributed by atoms with Crippen LogP contribution in [0.25, 0.3) is 38.8 Å². The van der Waals surface area contributed by atoms with Crippen LogP contribution in [-0.4, -0.2) is 20.9 Å². The van der Waals surface area contributed by atoms with Crippen LogP contribution in [0.2, 0.25) is 0 Å². The van der Waals surface area contributed by atoms with Gasteiger partial charge in [0.25, 0.3) is 0 Å². The van der Waals surface area contributed by atoms with Crippen molar-refractivity contribution < 1.29 is 9.59 Å². The molecule has 0 saturated heterocycles. The normalized spacial score (nSPS) is 13.6. The third-order valence-electron chi connectivity index (χ3n) is 8.26. The Morgan fingerprint density at radius 1 is 0.878 bits per heavy atom. The number of benzene rings is 3. The number of aryl methyl sites for hydroxylation is 1. The third kappa shape index (κ3) is 4.71. The SMILES string of the molecule is CC(C)C(=O)NC1=Cc2c(n(Cc3cccc4c3c3cc(NC(=O)C(C)(C)C)ccc3n4C)c3ccccc23)CC1. The van der Waals surface area contributed by atoms with E-state index < -0.39 is 5.41 Å². The Kier molecular flexibility index (Phi) is 6.52. The summed E-state index contributed by atoms with van der Waals surface area (Å²) in [6.45, 7) is 10.4. The van der Waals surface area contributed by atoms with Gasteiger partial charge in [-0.3, -0.25) is 9.59 Å². The minimum Gasteiger partial charge on any atom is -0.344 e. The maximum absolute atomic E-state index is 12.7. The van der Waals surface area contributed by atoms with Crippen LogP contribution >= 0.6 is 0 Å². The van der Waals surface area contributed by atoms with E-state index in [1.54, 1.807) is 0 Å². The van der Waals surface area contributed by atoms with Gasteiger partial charge in [-0.1, -0.05) is 65.0 Å². The second-order valence-corrected chi connectivity index (χ2v) is 12.6. The van der Waals surface area contributed by atoms with Crippen LogP contribution in [0.5, 0.6) is 0 Å². The Labute approximate surface area is 241 Å². The largest absolute Gasteiger partial charge is 0.344 e. The first-order chi connectivity index (χ1) is 19.5. The molecule has 2 N–H and O–H groups in total. The summed E-state index contributed by atoms with van der Waals surface area (Å²) in [6, 6.07) is 21.3. The minimum absolute atomic E-state index is 0.000225. The predicted molar refractivity (Wildman–Crippen MR) is 169 cm³/mol. The van der Waals surface area contributed by atoms with Crippen molar-refractivity contribution in [1.82, 2.24) is 14.5 Å². The monoisotopic (exact) mass is 546 g/mol. The van der Waals surface area contributed by atoms with Crippen molar-refractivity contribution in [1.29, 1.82) is 0 Å². The van der Waals surface area contributed by atoms with Crippen molar-refractivity contribution >= 4 is 56.3 Å². The Morgan fingerprint density at radius 3 is 2.39 bits per heavy atom. The lowest BCUT2D eigenvalue weighted by molar-refractivity contribution is -0.123. The Balaban J connectivity index is 1.47. The molecule has 0 fully saturated rings. The van der Waals surface area contributed by atoms with Gasteiger partial charge in [-0.05, 0) is 54.8 Å². The number of rotatable bonds is 5. The van der Waals surface area contributed by atoms with Crippen LogP contribution < -0.4 is 10.6 Å². The Morgan fingerprint density at radius 2 is 1.63 bits per heavy atom. The van der Waals surface area contributed by atoms with E-state index >= 15 is 0 Å². The number of hydrogen-bond acceptors (Lipinski definition) is 2. The summed E-state index contributed by atoms with van der Waals surface area (Å²) in [5.41, 5.74) is 8.55. The Bertz CT molecular complexity index is 1880. The van der Waals surface area contributed by atoms with Gasteiger partial charge in [-0.25, -0.2) is 0 Å². The number of carbonyl (C=O) groups excluding carboxylic acids is 2. The number of allylic oxidation sites excluding steroid dienone is 1. The molecule has 6 heteroatoms. The fourth-order valence-corrected chi connectivity index (χ4v) is 5.93. The Hall–Kier alpha value is -4.32. The smallest absolute Gasteiger partial charge is 0.229 e. The minimum atomic E-state index is -0.473. The number of fused-ring (bicyclic) bond motifs is 6. The molecule has 6 nitrogen and oxygen atoms in total. The van der Waals surface area contributed by atoms with Gasteiger partial charge in [0, 0.05) is 80.3 Å². The second-order valence-electron chi connectivity index (χ2n) is 12.6. The molecule has 2 heterocycles. The van der Waals surface area contributed by atoms with E-state index in [2.05, 4.69) is 87.5 Å². The van der Waals surface area contributed by atoms with Crippen LogP contribution in [0.15, 0.2) is 66.4 Å². The number of carbonyl (C=O) groups is 2. The van der Waals surface area contributed by atoms with E-state index in [0.717, 1.165) is 41.7 Å². The standard InChI is InChI=1S/C35H38N4O2/c1-21(2)33(40)36-23-15-17-30-26(18-23)25-11-7-8-12-29(25)39(30)20-22-10-9-13-31-32(22)27-19-24(14-16-28(27)38(31)6)37-34(41)35(3,4)5/h7-14,16,18-19,21H,15,17,20H2,1-6H3,(H,36,40)(H,37,41). The van der Waals surface area contributed by atoms with Crippen LogP contribution in [0.3, 0.4) is 0 Å². The molecular formula is C35H38N4O2. The van der Waals surface area contributed by atoms with E-state index in [1.807, 2.05) is 40.7 Å². The van der Waals surface area contributed by atoms with Crippen LogP contribution in [0.4, 0.5) is 5.69 Å². The molecule has 1 aliphatic carbocycles.